The van der Waals surface area contributed by atoms with E-state index in [1.54, 1.807) is 4.90 Å². The summed E-state index contributed by atoms with van der Waals surface area (Å²) in [6.07, 6.45) is 1.46. The first-order chi connectivity index (χ1) is 9.69. The molecule has 0 saturated carbocycles. The quantitative estimate of drug-likeness (QED) is 0.902. The summed E-state index contributed by atoms with van der Waals surface area (Å²) in [4.78, 5) is 15.9. The molecular weight excluding hydrogens is 272 g/mol. The molecule has 20 heavy (non-hydrogen) atoms. The molecule has 1 aromatic rings. The molecule has 1 heterocycles. The van der Waals surface area contributed by atoms with Gasteiger partial charge in [0, 0.05) is 32.7 Å². The predicted molar refractivity (Wildman–Crippen MR) is 82.7 cm³/mol. The van der Waals surface area contributed by atoms with E-state index in [1.807, 2.05) is 24.5 Å². The molecule has 4 nitrogen and oxygen atoms in total. The van der Waals surface area contributed by atoms with Gasteiger partial charge in [-0.15, -0.1) is 0 Å². The second kappa shape index (κ2) is 7.67. The first-order valence-corrected chi connectivity index (χ1v) is 8.29. The average molecular weight is 294 g/mol. The van der Waals surface area contributed by atoms with Crippen LogP contribution in [0.25, 0.3) is 0 Å². The van der Waals surface area contributed by atoms with Crippen LogP contribution in [0.3, 0.4) is 0 Å². The maximum atomic E-state index is 11.9. The van der Waals surface area contributed by atoms with Gasteiger partial charge < -0.3 is 10.0 Å². The molecular formula is C15H22N2O2S. The molecule has 1 fully saturated rings. The van der Waals surface area contributed by atoms with Gasteiger partial charge in [-0.2, -0.15) is 11.8 Å². The minimum Gasteiger partial charge on any atom is -0.390 e. The van der Waals surface area contributed by atoms with Crippen molar-refractivity contribution in [2.45, 2.75) is 12.6 Å². The Kier molecular flexibility index (Phi) is 5.88. The van der Waals surface area contributed by atoms with Crippen molar-refractivity contribution in [3.63, 3.8) is 0 Å². The molecule has 0 radical (unpaired) electrons. The molecule has 0 aromatic heterocycles. The lowest BCUT2D eigenvalue weighted by Crippen LogP contribution is -2.38. The van der Waals surface area contributed by atoms with Gasteiger partial charge in [0.15, 0.2) is 0 Å². The topological polar surface area (TPSA) is 43.8 Å². The van der Waals surface area contributed by atoms with Crippen molar-refractivity contribution in [3.05, 3.63) is 35.9 Å². The van der Waals surface area contributed by atoms with Crippen LogP contribution in [0.5, 0.6) is 0 Å². The molecule has 1 aliphatic heterocycles. The van der Waals surface area contributed by atoms with Crippen molar-refractivity contribution in [1.82, 2.24) is 9.80 Å². The largest absolute Gasteiger partial charge is 0.390 e. The highest BCUT2D eigenvalue weighted by Gasteiger charge is 2.23. The predicted octanol–water partition coefficient (Wildman–Crippen LogP) is 1.05. The van der Waals surface area contributed by atoms with Crippen LogP contribution in [0, 0.1) is 0 Å². The number of benzene rings is 1. The van der Waals surface area contributed by atoms with Gasteiger partial charge in [0.25, 0.3) is 0 Å². The summed E-state index contributed by atoms with van der Waals surface area (Å²) in [5.74, 6) is 0.615. The number of hydrogen-bond donors (Lipinski definition) is 1. The van der Waals surface area contributed by atoms with Gasteiger partial charge in [-0.1, -0.05) is 30.3 Å². The van der Waals surface area contributed by atoms with Crippen molar-refractivity contribution < 1.29 is 9.90 Å². The number of thioether (sulfide) groups is 1. The van der Waals surface area contributed by atoms with E-state index in [1.165, 1.54) is 17.3 Å². The first-order valence-electron chi connectivity index (χ1n) is 6.90. The van der Waals surface area contributed by atoms with Crippen molar-refractivity contribution >= 4 is 17.7 Å². The van der Waals surface area contributed by atoms with Crippen LogP contribution in [0.4, 0.5) is 0 Å². The number of rotatable bonds is 4. The fourth-order valence-electron chi connectivity index (χ4n) is 2.48. The lowest BCUT2D eigenvalue weighted by molar-refractivity contribution is -0.129. The third kappa shape index (κ3) is 4.51. The maximum Gasteiger partial charge on any atom is 0.232 e. The Hall–Kier alpha value is -1.04. The molecule has 5 heteroatoms. The van der Waals surface area contributed by atoms with E-state index in [0.717, 1.165) is 13.1 Å². The summed E-state index contributed by atoms with van der Waals surface area (Å²) >= 11 is 1.53. The molecule has 0 spiro atoms. The Balaban J connectivity index is 1.93. The lowest BCUT2D eigenvalue weighted by atomic mass is 10.2. The van der Waals surface area contributed by atoms with Gasteiger partial charge in [-0.05, 0) is 11.8 Å². The molecule has 0 aliphatic carbocycles. The van der Waals surface area contributed by atoms with E-state index < -0.39 is 6.10 Å². The number of β-amino-alcohol motifs (C(OH)–C–C–N with tert-alkyl or cyclic N) is 1. The number of nitrogens with zero attached hydrogens (tertiary/aromatic N) is 2. The van der Waals surface area contributed by atoms with Gasteiger partial charge in [0.05, 0.1) is 11.9 Å². The minimum atomic E-state index is -0.466. The number of amides is 1. The molecule has 1 unspecified atom stereocenters. The van der Waals surface area contributed by atoms with E-state index in [0.29, 0.717) is 25.4 Å². The Labute approximate surface area is 124 Å². The van der Waals surface area contributed by atoms with Gasteiger partial charge in [-0.3, -0.25) is 9.69 Å². The number of carbonyl (C=O) groups excluding carboxylic acids is 1. The Morgan fingerprint density at radius 3 is 2.75 bits per heavy atom. The average Bonchev–Trinajstić information content (AvgIpc) is 2.62. The highest BCUT2D eigenvalue weighted by atomic mass is 32.2. The summed E-state index contributed by atoms with van der Waals surface area (Å²) in [5, 5.41) is 10.1. The molecule has 1 saturated heterocycles. The third-order valence-electron chi connectivity index (χ3n) is 3.46. The van der Waals surface area contributed by atoms with Crippen LogP contribution in [0.2, 0.25) is 0 Å². The highest BCUT2D eigenvalue weighted by molar-refractivity contribution is 7.99. The monoisotopic (exact) mass is 294 g/mol. The van der Waals surface area contributed by atoms with Gasteiger partial charge in [-0.25, -0.2) is 0 Å². The van der Waals surface area contributed by atoms with Crippen molar-refractivity contribution in [1.29, 1.82) is 0 Å². The Morgan fingerprint density at radius 2 is 2.05 bits per heavy atom. The lowest BCUT2D eigenvalue weighted by Gasteiger charge is -2.21. The number of carbonyl (C=O) groups is 1. The van der Waals surface area contributed by atoms with Crippen molar-refractivity contribution in [2.24, 2.45) is 0 Å². The van der Waals surface area contributed by atoms with Gasteiger partial charge >= 0.3 is 0 Å². The Morgan fingerprint density at radius 1 is 1.30 bits per heavy atom. The fourth-order valence-corrected chi connectivity index (χ4v) is 2.91. The van der Waals surface area contributed by atoms with Gasteiger partial charge in [0.1, 0.15) is 0 Å². The molecule has 1 aromatic carbocycles. The fraction of sp³-hybridized carbons (Fsp3) is 0.533. The molecule has 0 bridgehead atoms. The standard InChI is InChI=1S/C15H22N2O2S/c1-20-12-15(19)17-8-7-16(10-14(18)11-17)9-13-5-3-2-4-6-13/h2-6,14,18H,7-12H2,1H3. The number of aliphatic hydroxyl groups is 1. The minimum absolute atomic E-state index is 0.123. The summed E-state index contributed by atoms with van der Waals surface area (Å²) in [6.45, 7) is 3.40. The highest BCUT2D eigenvalue weighted by Crippen LogP contribution is 2.10. The SMILES string of the molecule is CSCC(=O)N1CCN(Cc2ccccc2)CC(O)C1. The number of aliphatic hydroxyl groups excluding tert-OH is 1. The zero-order valence-electron chi connectivity index (χ0n) is 11.9. The molecule has 1 N–H and O–H groups in total. The summed E-state index contributed by atoms with van der Waals surface area (Å²) in [6, 6.07) is 10.2. The zero-order chi connectivity index (χ0) is 14.4. The molecule has 1 aliphatic rings. The summed E-state index contributed by atoms with van der Waals surface area (Å²) < 4.78 is 0. The van der Waals surface area contributed by atoms with Crippen LogP contribution >= 0.6 is 11.8 Å². The van der Waals surface area contributed by atoms with E-state index >= 15 is 0 Å². The first kappa shape index (κ1) is 15.4. The van der Waals surface area contributed by atoms with Crippen LogP contribution in [-0.4, -0.2) is 65.1 Å². The van der Waals surface area contributed by atoms with Crippen molar-refractivity contribution in [2.75, 3.05) is 38.2 Å². The summed E-state index contributed by atoms with van der Waals surface area (Å²) in [5.41, 5.74) is 1.24. The summed E-state index contributed by atoms with van der Waals surface area (Å²) in [7, 11) is 0. The van der Waals surface area contributed by atoms with E-state index in [4.69, 9.17) is 0 Å². The van der Waals surface area contributed by atoms with E-state index in [-0.39, 0.29) is 5.91 Å². The van der Waals surface area contributed by atoms with E-state index in [9.17, 15) is 9.90 Å². The zero-order valence-corrected chi connectivity index (χ0v) is 12.7. The second-order valence-corrected chi connectivity index (χ2v) is 6.01. The Bertz CT molecular complexity index is 427. The van der Waals surface area contributed by atoms with Crippen LogP contribution in [0.15, 0.2) is 30.3 Å². The van der Waals surface area contributed by atoms with Crippen LogP contribution in [-0.2, 0) is 11.3 Å². The molecule has 1 amide bonds. The number of hydrogen-bond acceptors (Lipinski definition) is 4. The van der Waals surface area contributed by atoms with Gasteiger partial charge in [0.2, 0.25) is 5.91 Å². The smallest absolute Gasteiger partial charge is 0.232 e. The normalized spacial score (nSPS) is 20.7. The van der Waals surface area contributed by atoms with Crippen molar-refractivity contribution in [3.8, 4) is 0 Å². The molecule has 1 atom stereocenters. The molecule has 2 rings (SSSR count). The third-order valence-corrected chi connectivity index (χ3v) is 3.99. The molecule has 110 valence electrons. The maximum absolute atomic E-state index is 11.9. The van der Waals surface area contributed by atoms with Crippen LogP contribution in [0.1, 0.15) is 5.56 Å². The second-order valence-electron chi connectivity index (χ2n) is 5.15. The van der Waals surface area contributed by atoms with Crippen LogP contribution < -0.4 is 0 Å². The van der Waals surface area contributed by atoms with E-state index in [2.05, 4.69) is 17.0 Å².